The number of nitrogens with zero attached hydrogens (tertiary/aromatic N) is 6. The summed E-state index contributed by atoms with van der Waals surface area (Å²) >= 11 is 0. The minimum Gasteiger partial charge on any atom is -0.472 e. The third-order valence-corrected chi connectivity index (χ3v) is 7.35. The van der Waals surface area contributed by atoms with Crippen molar-refractivity contribution in [3.8, 4) is 16.9 Å². The molecule has 1 saturated heterocycles. The predicted molar refractivity (Wildman–Crippen MR) is 133 cm³/mol. The van der Waals surface area contributed by atoms with E-state index < -0.39 is 0 Å². The fraction of sp³-hybridized carbons (Fsp3) is 0.423. The number of nitrogens with one attached hydrogen (secondary N) is 1. The lowest BCUT2D eigenvalue weighted by molar-refractivity contribution is -0.138. The van der Waals surface area contributed by atoms with Crippen molar-refractivity contribution in [1.82, 2.24) is 29.9 Å². The molecule has 186 valence electrons. The number of likely N-dealkylation sites (tertiary alicyclic amines) is 1. The van der Waals surface area contributed by atoms with Crippen molar-refractivity contribution in [3.05, 3.63) is 49.1 Å². The second-order valence-electron chi connectivity index (χ2n) is 9.67. The number of carbonyl (C=O) groups excluding carboxylic acids is 1. The van der Waals surface area contributed by atoms with Gasteiger partial charge in [0.05, 0.1) is 24.1 Å². The summed E-state index contributed by atoms with van der Waals surface area (Å²) in [5, 5.41) is 21.9. The first-order chi connectivity index (χ1) is 17.7. The molecule has 2 fully saturated rings. The van der Waals surface area contributed by atoms with Crippen molar-refractivity contribution in [2.75, 3.05) is 18.4 Å². The molecule has 6 rings (SSSR count). The molecule has 3 aromatic heterocycles. The maximum absolute atomic E-state index is 12.9. The Morgan fingerprint density at radius 2 is 1.89 bits per heavy atom. The summed E-state index contributed by atoms with van der Waals surface area (Å²) in [4.78, 5) is 23.9. The molecule has 1 aliphatic heterocycles. The molecule has 0 atom stereocenters. The molecule has 4 aromatic rings. The van der Waals surface area contributed by atoms with E-state index in [0.717, 1.165) is 47.8 Å². The summed E-state index contributed by atoms with van der Waals surface area (Å²) in [5.74, 6) is 1.49. The number of furan rings is 1. The number of carbonyl (C=O) groups is 1. The zero-order valence-corrected chi connectivity index (χ0v) is 20.0. The van der Waals surface area contributed by atoms with Crippen LogP contribution in [0.15, 0.2) is 53.5 Å². The summed E-state index contributed by atoms with van der Waals surface area (Å²) in [5.41, 5.74) is 3.53. The SMILES string of the molecule is O=C([C@H]1CC[C@H](Nc2nccc(-n3nnc4c(-c5ccoc5)cccc43)n2)CC1)N1CCC(O)CC1. The molecule has 2 N–H and O–H groups in total. The lowest BCUT2D eigenvalue weighted by atomic mass is 9.85. The molecular formula is C26H29N7O3. The first kappa shape index (κ1) is 22.7. The maximum Gasteiger partial charge on any atom is 0.225 e. The first-order valence-corrected chi connectivity index (χ1v) is 12.6. The van der Waals surface area contributed by atoms with Crippen molar-refractivity contribution >= 4 is 22.9 Å². The van der Waals surface area contributed by atoms with Crippen LogP contribution >= 0.6 is 0 Å². The molecule has 1 amide bonds. The third-order valence-electron chi connectivity index (χ3n) is 7.35. The highest BCUT2D eigenvalue weighted by Gasteiger charge is 2.31. The van der Waals surface area contributed by atoms with Crippen molar-refractivity contribution in [1.29, 1.82) is 0 Å². The highest BCUT2D eigenvalue weighted by Crippen LogP contribution is 2.30. The minimum atomic E-state index is -0.265. The number of amides is 1. The number of rotatable bonds is 5. The Morgan fingerprint density at radius 3 is 2.67 bits per heavy atom. The molecule has 1 aromatic carbocycles. The monoisotopic (exact) mass is 487 g/mol. The first-order valence-electron chi connectivity index (χ1n) is 12.6. The van der Waals surface area contributed by atoms with E-state index in [0.29, 0.717) is 37.7 Å². The molecule has 10 heteroatoms. The smallest absolute Gasteiger partial charge is 0.225 e. The average Bonchev–Trinajstić information content (AvgIpc) is 3.60. The molecule has 36 heavy (non-hydrogen) atoms. The van der Waals surface area contributed by atoms with E-state index in [4.69, 9.17) is 9.40 Å². The second kappa shape index (κ2) is 9.69. The van der Waals surface area contributed by atoms with E-state index in [2.05, 4.69) is 20.6 Å². The van der Waals surface area contributed by atoms with Crippen LogP contribution in [0.25, 0.3) is 28.0 Å². The van der Waals surface area contributed by atoms with Crippen LogP contribution < -0.4 is 5.32 Å². The molecular weight excluding hydrogens is 458 g/mol. The van der Waals surface area contributed by atoms with Gasteiger partial charge in [-0.1, -0.05) is 17.3 Å². The quantitative estimate of drug-likeness (QED) is 0.439. The number of hydrogen-bond donors (Lipinski definition) is 2. The number of aromatic nitrogens is 5. The van der Waals surface area contributed by atoms with Gasteiger partial charge in [0, 0.05) is 48.4 Å². The Balaban J connectivity index is 1.13. The van der Waals surface area contributed by atoms with E-state index in [-0.39, 0.29) is 24.0 Å². The Kier molecular flexibility index (Phi) is 6.10. The number of fused-ring (bicyclic) bond motifs is 1. The largest absolute Gasteiger partial charge is 0.472 e. The Hall–Kier alpha value is -3.79. The van der Waals surface area contributed by atoms with Crippen molar-refractivity contribution in [2.45, 2.75) is 50.7 Å². The standard InChI is InChI=1S/C26H29N7O3/c34-20-9-13-32(14-10-20)25(35)17-4-6-19(7-5-17)28-26-27-12-8-23(29-26)33-22-3-1-2-21(24(22)30-31-33)18-11-15-36-16-18/h1-3,8,11-12,15-17,19-20,34H,4-7,9-10,13-14H2,(H,27,28,29)/t17-,19-. The summed E-state index contributed by atoms with van der Waals surface area (Å²) < 4.78 is 6.96. The normalized spacial score (nSPS) is 21.1. The van der Waals surface area contributed by atoms with Crippen LogP contribution in [0.2, 0.25) is 0 Å². The summed E-state index contributed by atoms with van der Waals surface area (Å²) in [7, 11) is 0. The number of anilines is 1. The molecule has 10 nitrogen and oxygen atoms in total. The van der Waals surface area contributed by atoms with E-state index >= 15 is 0 Å². The molecule has 1 saturated carbocycles. The highest BCUT2D eigenvalue weighted by molar-refractivity contribution is 5.91. The third kappa shape index (κ3) is 4.44. The lowest BCUT2D eigenvalue weighted by Crippen LogP contribution is -2.44. The molecule has 0 radical (unpaired) electrons. The summed E-state index contributed by atoms with van der Waals surface area (Å²) in [6, 6.07) is 9.86. The predicted octanol–water partition coefficient (Wildman–Crippen LogP) is 3.42. The molecule has 0 unspecified atom stereocenters. The van der Waals surface area contributed by atoms with Crippen LogP contribution in [0.1, 0.15) is 38.5 Å². The van der Waals surface area contributed by atoms with Crippen LogP contribution in [-0.4, -0.2) is 66.1 Å². The number of aliphatic hydroxyl groups excluding tert-OH is 1. The zero-order valence-electron chi connectivity index (χ0n) is 20.0. The van der Waals surface area contributed by atoms with Crippen molar-refractivity contribution in [2.24, 2.45) is 5.92 Å². The van der Waals surface area contributed by atoms with Gasteiger partial charge in [-0.25, -0.2) is 4.98 Å². The highest BCUT2D eigenvalue weighted by atomic mass is 16.3. The second-order valence-corrected chi connectivity index (χ2v) is 9.67. The Labute approximate surface area is 208 Å². The van der Waals surface area contributed by atoms with E-state index in [9.17, 15) is 9.90 Å². The lowest BCUT2D eigenvalue weighted by Gasteiger charge is -2.35. The number of hydrogen-bond acceptors (Lipinski definition) is 8. The zero-order chi connectivity index (χ0) is 24.5. The van der Waals surface area contributed by atoms with E-state index in [1.165, 1.54) is 0 Å². The number of piperidine rings is 1. The van der Waals surface area contributed by atoms with Gasteiger partial charge < -0.3 is 19.7 Å². The van der Waals surface area contributed by atoms with Gasteiger partial charge in [0.15, 0.2) is 5.82 Å². The van der Waals surface area contributed by atoms with Gasteiger partial charge in [0.25, 0.3) is 0 Å². The van der Waals surface area contributed by atoms with Crippen molar-refractivity contribution < 1.29 is 14.3 Å². The van der Waals surface area contributed by atoms with Gasteiger partial charge >= 0.3 is 0 Å². The van der Waals surface area contributed by atoms with Gasteiger partial charge in [-0.15, -0.1) is 5.10 Å². The molecule has 0 bridgehead atoms. The maximum atomic E-state index is 12.9. The van der Waals surface area contributed by atoms with E-state index in [1.54, 1.807) is 23.4 Å². The van der Waals surface area contributed by atoms with Gasteiger partial charge in [-0.2, -0.15) is 9.67 Å². The van der Waals surface area contributed by atoms with Crippen molar-refractivity contribution in [3.63, 3.8) is 0 Å². The topological polar surface area (TPSA) is 122 Å². The molecule has 1 aliphatic carbocycles. The number of benzene rings is 1. The average molecular weight is 488 g/mol. The molecule has 4 heterocycles. The fourth-order valence-corrected chi connectivity index (χ4v) is 5.31. The Bertz CT molecular complexity index is 1340. The van der Waals surface area contributed by atoms with Crippen LogP contribution in [0.4, 0.5) is 5.95 Å². The van der Waals surface area contributed by atoms with Gasteiger partial charge in [-0.3, -0.25) is 4.79 Å². The van der Waals surface area contributed by atoms with Crippen LogP contribution in [0.5, 0.6) is 0 Å². The number of aliphatic hydroxyl groups is 1. The van der Waals surface area contributed by atoms with Gasteiger partial charge in [-0.05, 0) is 50.7 Å². The van der Waals surface area contributed by atoms with Crippen LogP contribution in [-0.2, 0) is 4.79 Å². The Morgan fingerprint density at radius 1 is 1.06 bits per heavy atom. The fourth-order valence-electron chi connectivity index (χ4n) is 5.31. The van der Waals surface area contributed by atoms with E-state index in [1.807, 2.05) is 35.2 Å². The van der Waals surface area contributed by atoms with Crippen LogP contribution in [0, 0.1) is 5.92 Å². The minimum absolute atomic E-state index is 0.0662. The summed E-state index contributed by atoms with van der Waals surface area (Å²) in [6.07, 6.45) is 9.63. The summed E-state index contributed by atoms with van der Waals surface area (Å²) in [6.45, 7) is 1.33. The van der Waals surface area contributed by atoms with Gasteiger partial charge in [0.1, 0.15) is 5.52 Å². The molecule has 0 spiro atoms. The van der Waals surface area contributed by atoms with Crippen LogP contribution in [0.3, 0.4) is 0 Å². The molecule has 2 aliphatic rings. The van der Waals surface area contributed by atoms with Gasteiger partial charge in [0.2, 0.25) is 11.9 Å².